The number of ketones is 1. The summed E-state index contributed by atoms with van der Waals surface area (Å²) < 4.78 is 5.29. The summed E-state index contributed by atoms with van der Waals surface area (Å²) in [6.07, 6.45) is 1.41. The lowest BCUT2D eigenvalue weighted by Gasteiger charge is -2.36. The molecule has 42 heavy (non-hydrogen) atoms. The van der Waals surface area contributed by atoms with Crippen molar-refractivity contribution in [3.63, 3.8) is 0 Å². The summed E-state index contributed by atoms with van der Waals surface area (Å²) in [6.45, 7) is 8.81. The number of nitrogens with zero attached hydrogens (tertiary/aromatic N) is 1. The van der Waals surface area contributed by atoms with Gasteiger partial charge in [0, 0.05) is 31.6 Å². The topological polar surface area (TPSA) is 175 Å². The Morgan fingerprint density at radius 3 is 2.50 bits per heavy atom. The Morgan fingerprint density at radius 1 is 1.10 bits per heavy atom. The van der Waals surface area contributed by atoms with E-state index in [9.17, 15) is 28.8 Å². The fourth-order valence-corrected chi connectivity index (χ4v) is 4.84. The van der Waals surface area contributed by atoms with Gasteiger partial charge in [0.2, 0.25) is 23.4 Å². The Morgan fingerprint density at radius 2 is 1.81 bits per heavy atom. The molecule has 0 spiro atoms. The average Bonchev–Trinajstić information content (AvgIpc) is 2.93. The molecule has 0 saturated carbocycles. The zero-order valence-electron chi connectivity index (χ0n) is 24.9. The third-order valence-electron chi connectivity index (χ3n) is 7.06. The van der Waals surface area contributed by atoms with E-state index < -0.39 is 47.9 Å². The Labute approximate surface area is 245 Å². The molecule has 5 N–H and O–H groups in total. The number of rotatable bonds is 12. The smallest absolute Gasteiger partial charge is 0.353 e. The van der Waals surface area contributed by atoms with Crippen LogP contribution < -0.4 is 26.7 Å². The standard InChI is InChI=1S/C29H42N6O7/c1-17(2)15-23(37)30-14-12-24(38)35-21(11-8-13-31-35)27(40)32-25(18(3)4)22(36)16-42-28(41)29(5)33-20-10-7-6-9-19(20)26(39)34-29/h6-7,9-10,17-18,21,25,31,33H,8,11-16H2,1-5H3,(H,30,37)(H,32,40)(H,34,39)/t21-,25-,29?/m0/s1. The van der Waals surface area contributed by atoms with E-state index in [1.807, 2.05) is 13.8 Å². The number of fused-ring (bicyclic) bond motifs is 1. The summed E-state index contributed by atoms with van der Waals surface area (Å²) in [5.74, 6) is -3.00. The second kappa shape index (κ2) is 14.3. The number of ether oxygens (including phenoxy) is 1. The Bertz CT molecular complexity index is 1200. The number of nitrogens with one attached hydrogen (secondary N) is 5. The van der Waals surface area contributed by atoms with Crippen molar-refractivity contribution in [3.8, 4) is 0 Å². The molecule has 1 saturated heterocycles. The van der Waals surface area contributed by atoms with Gasteiger partial charge in [0.25, 0.3) is 5.91 Å². The summed E-state index contributed by atoms with van der Waals surface area (Å²) >= 11 is 0. The van der Waals surface area contributed by atoms with Crippen molar-refractivity contribution >= 4 is 41.1 Å². The second-order valence-corrected chi connectivity index (χ2v) is 11.6. The Kier molecular flexibility index (Phi) is 11.0. The predicted molar refractivity (Wildman–Crippen MR) is 154 cm³/mol. The minimum absolute atomic E-state index is 0.0108. The van der Waals surface area contributed by atoms with E-state index >= 15 is 0 Å². The van der Waals surface area contributed by atoms with E-state index in [4.69, 9.17) is 4.74 Å². The number of hydrogen-bond acceptors (Lipinski definition) is 9. The monoisotopic (exact) mass is 586 g/mol. The molecule has 0 aromatic heterocycles. The lowest BCUT2D eigenvalue weighted by molar-refractivity contribution is -0.154. The zero-order valence-corrected chi connectivity index (χ0v) is 24.9. The van der Waals surface area contributed by atoms with Gasteiger partial charge in [-0.2, -0.15) is 0 Å². The molecule has 230 valence electrons. The van der Waals surface area contributed by atoms with Crippen LogP contribution in [0.4, 0.5) is 5.69 Å². The highest BCUT2D eigenvalue weighted by Gasteiger charge is 2.42. The van der Waals surface area contributed by atoms with Gasteiger partial charge in [-0.1, -0.05) is 39.8 Å². The lowest BCUT2D eigenvalue weighted by atomic mass is 9.98. The van der Waals surface area contributed by atoms with Crippen LogP contribution in [0.1, 0.15) is 70.7 Å². The maximum Gasteiger partial charge on any atom is 0.353 e. The van der Waals surface area contributed by atoms with Crippen LogP contribution in [-0.2, 0) is 28.7 Å². The summed E-state index contributed by atoms with van der Waals surface area (Å²) in [4.78, 5) is 76.6. The first kappa shape index (κ1) is 32.5. The number of para-hydroxylation sites is 1. The number of esters is 1. The van der Waals surface area contributed by atoms with Crippen LogP contribution in [0.15, 0.2) is 24.3 Å². The molecule has 2 aliphatic heterocycles. The van der Waals surface area contributed by atoms with Gasteiger partial charge < -0.3 is 26.0 Å². The third kappa shape index (κ3) is 8.28. The van der Waals surface area contributed by atoms with Crippen LogP contribution in [-0.4, -0.2) is 77.8 Å². The number of anilines is 1. The third-order valence-corrected chi connectivity index (χ3v) is 7.06. The number of Topliss-reactive ketones (excluding diaryl/α,β-unsaturated/α-hetero) is 1. The molecule has 0 radical (unpaired) electrons. The molecule has 0 bridgehead atoms. The van der Waals surface area contributed by atoms with Crippen molar-refractivity contribution in [3.05, 3.63) is 29.8 Å². The van der Waals surface area contributed by atoms with Crippen molar-refractivity contribution < 1.29 is 33.5 Å². The first-order valence-corrected chi connectivity index (χ1v) is 14.3. The number of carbonyl (C=O) groups excluding carboxylic acids is 6. The van der Waals surface area contributed by atoms with Gasteiger partial charge in [-0.3, -0.25) is 29.0 Å². The van der Waals surface area contributed by atoms with Gasteiger partial charge >= 0.3 is 5.97 Å². The van der Waals surface area contributed by atoms with E-state index in [2.05, 4.69) is 26.7 Å². The summed E-state index contributed by atoms with van der Waals surface area (Å²) in [7, 11) is 0. The van der Waals surface area contributed by atoms with Gasteiger partial charge in [-0.25, -0.2) is 10.2 Å². The van der Waals surface area contributed by atoms with Crippen LogP contribution in [0, 0.1) is 11.8 Å². The molecule has 0 aliphatic carbocycles. The minimum Gasteiger partial charge on any atom is -0.454 e. The summed E-state index contributed by atoms with van der Waals surface area (Å²) in [5, 5.41) is 12.2. The quantitative estimate of drug-likeness (QED) is 0.223. The highest BCUT2D eigenvalue weighted by molar-refractivity contribution is 6.06. The average molecular weight is 587 g/mol. The second-order valence-electron chi connectivity index (χ2n) is 11.6. The Hall–Kier alpha value is -4.00. The van der Waals surface area contributed by atoms with Crippen LogP contribution in [0.3, 0.4) is 0 Å². The Balaban J connectivity index is 1.57. The van der Waals surface area contributed by atoms with Crippen LogP contribution in [0.25, 0.3) is 0 Å². The number of hydrogen-bond donors (Lipinski definition) is 5. The maximum absolute atomic E-state index is 13.3. The van der Waals surface area contributed by atoms with Crippen LogP contribution in [0.2, 0.25) is 0 Å². The van der Waals surface area contributed by atoms with Crippen molar-refractivity contribution in [2.45, 2.75) is 78.0 Å². The molecule has 1 aromatic rings. The van der Waals surface area contributed by atoms with Crippen molar-refractivity contribution in [2.75, 3.05) is 25.0 Å². The van der Waals surface area contributed by atoms with Crippen molar-refractivity contribution in [1.29, 1.82) is 0 Å². The maximum atomic E-state index is 13.3. The van der Waals surface area contributed by atoms with Gasteiger partial charge in [0.1, 0.15) is 6.04 Å². The zero-order chi connectivity index (χ0) is 31.0. The predicted octanol–water partition coefficient (Wildman–Crippen LogP) is 0.859. The number of benzene rings is 1. The molecule has 4 amide bonds. The SMILES string of the molecule is CC(C)CC(=O)NCCC(=O)N1NCCC[C@H]1C(=O)N[C@H](C(=O)COC(=O)C1(C)NC(=O)c2ccccc2N1)C(C)C. The molecule has 1 fully saturated rings. The number of carbonyl (C=O) groups is 6. The van der Waals surface area contributed by atoms with E-state index in [1.165, 1.54) is 11.9 Å². The number of amides is 4. The van der Waals surface area contributed by atoms with E-state index in [-0.39, 0.29) is 36.6 Å². The van der Waals surface area contributed by atoms with E-state index in [1.54, 1.807) is 38.1 Å². The molecule has 2 aliphatic rings. The normalized spacial score (nSPS) is 20.6. The number of hydrazine groups is 1. The summed E-state index contributed by atoms with van der Waals surface area (Å²) in [6, 6.07) is 4.86. The van der Waals surface area contributed by atoms with Crippen molar-refractivity contribution in [1.82, 2.24) is 26.4 Å². The molecule has 13 heteroatoms. The van der Waals surface area contributed by atoms with E-state index in [0.29, 0.717) is 37.1 Å². The molecule has 1 unspecified atom stereocenters. The van der Waals surface area contributed by atoms with Crippen LogP contribution in [0.5, 0.6) is 0 Å². The lowest BCUT2D eigenvalue weighted by Crippen LogP contribution is -2.62. The minimum atomic E-state index is -1.59. The van der Waals surface area contributed by atoms with Gasteiger partial charge in [0.15, 0.2) is 12.4 Å². The molecule has 2 heterocycles. The molecular formula is C29H42N6O7. The molecule has 3 rings (SSSR count). The highest BCUT2D eigenvalue weighted by Crippen LogP contribution is 2.25. The molecule has 3 atom stereocenters. The van der Waals surface area contributed by atoms with Gasteiger partial charge in [0.05, 0.1) is 11.6 Å². The highest BCUT2D eigenvalue weighted by atomic mass is 16.5. The fourth-order valence-electron chi connectivity index (χ4n) is 4.84. The molecule has 1 aromatic carbocycles. The fraction of sp³-hybridized carbons (Fsp3) is 0.586. The van der Waals surface area contributed by atoms with E-state index in [0.717, 1.165) is 0 Å². The van der Waals surface area contributed by atoms with Crippen LogP contribution >= 0.6 is 0 Å². The molecular weight excluding hydrogens is 544 g/mol. The van der Waals surface area contributed by atoms with Gasteiger partial charge in [-0.05, 0) is 43.7 Å². The van der Waals surface area contributed by atoms with Crippen molar-refractivity contribution in [2.24, 2.45) is 11.8 Å². The molecule has 13 nitrogen and oxygen atoms in total. The largest absolute Gasteiger partial charge is 0.454 e. The first-order chi connectivity index (χ1) is 19.8. The van der Waals surface area contributed by atoms with Gasteiger partial charge in [-0.15, -0.1) is 0 Å². The first-order valence-electron chi connectivity index (χ1n) is 14.3. The summed E-state index contributed by atoms with van der Waals surface area (Å²) in [5.41, 5.74) is 2.20.